The van der Waals surface area contributed by atoms with Crippen molar-refractivity contribution in [2.24, 2.45) is 5.73 Å². The molecular weight excluding hydrogens is 908 g/mol. The molecule has 6 N–H and O–H groups in total. The Morgan fingerprint density at radius 3 is 2.31 bits per heavy atom. The van der Waals surface area contributed by atoms with Crippen LogP contribution in [0, 0.1) is 12.3 Å². The SMILES string of the molecule is C#CCOc1cc(-n2nc3n(c2=O)CCCC3)c(Cl)cc1Cl.CCS(=O)(=O)c1cccnc1S(=O)(=O)NC(=O)Nc1nc(OC)cc(OC)n1.CP(=O)(O)CCC(N)C(=O)O. The predicted octanol–water partition coefficient (Wildman–Crippen LogP) is 2.57. The summed E-state index contributed by atoms with van der Waals surface area (Å²) < 4.78 is 79.6. The fourth-order valence-corrected chi connectivity index (χ4v) is 8.73. The lowest BCUT2D eigenvalue weighted by molar-refractivity contribution is -0.138. The smallest absolute Gasteiger partial charge is 0.350 e. The first kappa shape index (κ1) is 50.1. The number of carboxylic acid groups (broad SMARTS) is 1. The van der Waals surface area contributed by atoms with Crippen molar-refractivity contribution in [3.8, 4) is 35.5 Å². The van der Waals surface area contributed by atoms with E-state index in [1.165, 1.54) is 50.7 Å². The number of carboxylic acids is 1. The zero-order chi connectivity index (χ0) is 45.7. The molecule has 27 heteroatoms. The van der Waals surface area contributed by atoms with Gasteiger partial charge in [0.15, 0.2) is 22.2 Å². The second-order valence-electron chi connectivity index (χ2n) is 12.5. The van der Waals surface area contributed by atoms with Crippen LogP contribution in [-0.4, -0.2) is 114 Å². The van der Waals surface area contributed by atoms with Crippen molar-refractivity contribution in [1.29, 1.82) is 0 Å². The van der Waals surface area contributed by atoms with Crippen LogP contribution in [0.15, 0.2) is 51.2 Å². The molecule has 1 aliphatic heterocycles. The van der Waals surface area contributed by atoms with Crippen LogP contribution in [0.3, 0.4) is 0 Å². The summed E-state index contributed by atoms with van der Waals surface area (Å²) in [6.07, 6.45) is 9.07. The number of hydrogen-bond donors (Lipinski definition) is 5. The fraction of sp³-hybridized carbons (Fsp3) is 0.382. The molecule has 2 atom stereocenters. The largest absolute Gasteiger partial charge is 0.481 e. The maximum absolute atomic E-state index is 12.5. The Morgan fingerprint density at radius 2 is 1.75 bits per heavy atom. The van der Waals surface area contributed by atoms with Crippen molar-refractivity contribution in [2.75, 3.05) is 44.7 Å². The van der Waals surface area contributed by atoms with Gasteiger partial charge in [-0.1, -0.05) is 36.0 Å². The molecule has 4 heterocycles. The maximum Gasteiger partial charge on any atom is 0.350 e. The minimum Gasteiger partial charge on any atom is -0.481 e. The van der Waals surface area contributed by atoms with E-state index in [4.69, 9.17) is 59.6 Å². The van der Waals surface area contributed by atoms with E-state index < -0.39 is 55.2 Å². The summed E-state index contributed by atoms with van der Waals surface area (Å²) in [4.78, 5) is 54.2. The molecule has 1 aromatic carbocycles. The number of fused-ring (bicyclic) bond motifs is 1. The summed E-state index contributed by atoms with van der Waals surface area (Å²) in [6, 6.07) is 4.55. The summed E-state index contributed by atoms with van der Waals surface area (Å²) in [5.74, 6) is 1.85. The van der Waals surface area contributed by atoms with Gasteiger partial charge < -0.3 is 29.9 Å². The number of ether oxygens (including phenoxy) is 3. The second-order valence-corrected chi connectivity index (χ2v) is 19.7. The van der Waals surface area contributed by atoms with Crippen molar-refractivity contribution in [1.82, 2.24) is 34.0 Å². The minimum atomic E-state index is -4.61. The van der Waals surface area contributed by atoms with Crippen molar-refractivity contribution in [2.45, 2.75) is 55.1 Å². The molecule has 0 fully saturated rings. The summed E-state index contributed by atoms with van der Waals surface area (Å²) in [7, 11) is -8.95. The number of anilines is 1. The van der Waals surface area contributed by atoms with E-state index in [9.17, 15) is 35.8 Å². The van der Waals surface area contributed by atoms with Gasteiger partial charge in [0.05, 0.1) is 41.8 Å². The van der Waals surface area contributed by atoms with Gasteiger partial charge in [-0.05, 0) is 37.5 Å². The number of carbonyl (C=O) groups excluding carboxylic acids is 1. The fourth-order valence-electron chi connectivity index (χ4n) is 4.91. The molecule has 332 valence electrons. The van der Waals surface area contributed by atoms with Gasteiger partial charge in [0.25, 0.3) is 10.0 Å². The van der Waals surface area contributed by atoms with Gasteiger partial charge in [0.2, 0.25) is 17.7 Å². The highest BCUT2D eigenvalue weighted by molar-refractivity contribution is 7.93. The molecular formula is C34H42Cl2N9O13PS2. The number of nitrogens with two attached hydrogens (primary N) is 1. The van der Waals surface area contributed by atoms with Crippen LogP contribution in [0.4, 0.5) is 10.7 Å². The minimum absolute atomic E-state index is 0.0412. The number of aromatic nitrogens is 6. The standard InChI is InChI=1S/C15H13Cl2N3O2.C14H17N5O7S2.C5H12NO4P/c1-2-7-22-13-9-12(10(16)8-11(13)17)20-15(21)19-6-4-3-5-14(19)18-20;1-4-27(21,22)9-6-5-7-15-12(9)28(23,24)19-14(20)18-13-16-10(25-2)8-11(17-13)26-3;1-11(9,10)3-2-4(6)5(7)8/h1,8-9H,3-7H2;5-8H,4H2,1-3H3,(H2,16,17,18,19,20);4H,2-3,6H2,1H3,(H,7,8)(H,9,10). The van der Waals surface area contributed by atoms with E-state index in [1.807, 2.05) is 0 Å². The molecule has 0 radical (unpaired) electrons. The first-order valence-corrected chi connectivity index (χ1v) is 23.8. The van der Waals surface area contributed by atoms with Gasteiger partial charge in [0, 0.05) is 38.1 Å². The number of terminal acetylenes is 1. The molecule has 22 nitrogen and oxygen atoms in total. The van der Waals surface area contributed by atoms with E-state index in [1.54, 1.807) is 15.4 Å². The number of nitrogens with zero attached hydrogens (tertiary/aromatic N) is 6. The lowest BCUT2D eigenvalue weighted by Crippen LogP contribution is -2.36. The number of benzene rings is 1. The Kier molecular flexibility index (Phi) is 18.1. The highest BCUT2D eigenvalue weighted by Crippen LogP contribution is 2.36. The molecule has 0 saturated carbocycles. The molecule has 0 saturated heterocycles. The normalized spacial score (nSPS) is 13.6. The Morgan fingerprint density at radius 1 is 1.10 bits per heavy atom. The highest BCUT2D eigenvalue weighted by Gasteiger charge is 2.29. The Labute approximate surface area is 360 Å². The van der Waals surface area contributed by atoms with Crippen molar-refractivity contribution in [3.05, 3.63) is 62.9 Å². The monoisotopic (exact) mass is 949 g/mol. The molecule has 1 aliphatic rings. The van der Waals surface area contributed by atoms with E-state index in [-0.39, 0.29) is 48.3 Å². The van der Waals surface area contributed by atoms with Gasteiger partial charge in [-0.3, -0.25) is 19.2 Å². The lowest BCUT2D eigenvalue weighted by atomic mass is 10.2. The van der Waals surface area contributed by atoms with E-state index >= 15 is 0 Å². The number of carbonyl (C=O) groups is 2. The van der Waals surface area contributed by atoms with E-state index in [2.05, 4.69) is 31.3 Å². The zero-order valence-electron chi connectivity index (χ0n) is 32.9. The second kappa shape index (κ2) is 22.0. The summed E-state index contributed by atoms with van der Waals surface area (Å²) in [5, 5.41) is 14.6. The van der Waals surface area contributed by atoms with Gasteiger partial charge in [-0.2, -0.15) is 23.1 Å². The quantitative estimate of drug-likeness (QED) is 0.0896. The molecule has 2 unspecified atom stereocenters. The van der Waals surface area contributed by atoms with Crippen molar-refractivity contribution >= 4 is 68.4 Å². The summed E-state index contributed by atoms with van der Waals surface area (Å²) in [6.45, 7) is 3.29. The molecule has 0 aliphatic carbocycles. The van der Waals surface area contributed by atoms with Gasteiger partial charge in [-0.25, -0.2) is 27.7 Å². The number of aryl methyl sites for hydroxylation is 1. The molecule has 4 aromatic rings. The van der Waals surface area contributed by atoms with Crippen LogP contribution in [0.25, 0.3) is 5.69 Å². The molecule has 5 rings (SSSR count). The third kappa shape index (κ3) is 14.4. The van der Waals surface area contributed by atoms with Crippen LogP contribution < -0.4 is 35.7 Å². The van der Waals surface area contributed by atoms with Crippen LogP contribution in [0.2, 0.25) is 10.0 Å². The third-order valence-corrected chi connectivity index (χ3v) is 12.8. The average molecular weight is 951 g/mol. The third-order valence-electron chi connectivity index (χ3n) is 7.94. The number of rotatable bonds is 14. The van der Waals surface area contributed by atoms with Crippen LogP contribution in [0.1, 0.15) is 32.0 Å². The first-order chi connectivity index (χ1) is 28.6. The number of sulfonamides is 1. The Hall–Kier alpha value is -5.28. The number of halogens is 2. The number of methoxy groups -OCH3 is 2. The molecule has 3 aromatic heterocycles. The van der Waals surface area contributed by atoms with Gasteiger partial charge in [0.1, 0.15) is 29.1 Å². The number of aliphatic carboxylic acids is 1. The summed E-state index contributed by atoms with van der Waals surface area (Å²) >= 11 is 12.3. The summed E-state index contributed by atoms with van der Waals surface area (Å²) in [5.41, 5.74) is 5.32. The molecule has 0 bridgehead atoms. The van der Waals surface area contributed by atoms with Gasteiger partial charge in [-0.15, -0.1) is 11.5 Å². The molecule has 0 spiro atoms. The number of sulfone groups is 1. The maximum atomic E-state index is 12.5. The highest BCUT2D eigenvalue weighted by atomic mass is 35.5. The number of nitrogens with one attached hydrogen (secondary N) is 2. The predicted molar refractivity (Wildman–Crippen MR) is 222 cm³/mol. The molecule has 61 heavy (non-hydrogen) atoms. The number of amides is 2. The van der Waals surface area contributed by atoms with Crippen LogP contribution >= 0.6 is 30.6 Å². The lowest BCUT2D eigenvalue weighted by Gasteiger charge is -2.11. The Bertz CT molecular complexity index is 2580. The van der Waals surface area contributed by atoms with E-state index in [0.717, 1.165) is 37.4 Å². The van der Waals surface area contributed by atoms with Crippen molar-refractivity contribution < 1.29 is 55.2 Å². The Balaban J connectivity index is 0.000000267. The number of hydrogen-bond acceptors (Lipinski definition) is 16. The van der Waals surface area contributed by atoms with Crippen LogP contribution in [0.5, 0.6) is 17.5 Å². The first-order valence-electron chi connectivity index (χ1n) is 17.6. The zero-order valence-corrected chi connectivity index (χ0v) is 37.0. The molecule has 2 amide bonds. The topological polar surface area (TPSA) is 316 Å². The number of pyridine rings is 1. The van der Waals surface area contributed by atoms with Gasteiger partial charge >= 0.3 is 17.7 Å². The van der Waals surface area contributed by atoms with Crippen molar-refractivity contribution in [3.63, 3.8) is 0 Å². The number of urea groups is 1. The van der Waals surface area contributed by atoms with Crippen LogP contribution in [-0.2, 0) is 42.2 Å². The average Bonchev–Trinajstić information content (AvgIpc) is 3.54. The van der Waals surface area contributed by atoms with E-state index in [0.29, 0.717) is 28.0 Å².